The van der Waals surface area contributed by atoms with E-state index in [1.807, 2.05) is 18.2 Å². The van der Waals surface area contributed by atoms with Crippen molar-refractivity contribution in [2.24, 2.45) is 17.3 Å². The van der Waals surface area contributed by atoms with E-state index < -0.39 is 24.1 Å². The van der Waals surface area contributed by atoms with Gasteiger partial charge in [0.05, 0.1) is 12.2 Å². The van der Waals surface area contributed by atoms with E-state index in [0.29, 0.717) is 6.42 Å². The molecule has 0 heterocycles. The van der Waals surface area contributed by atoms with Gasteiger partial charge in [0.2, 0.25) is 0 Å². The van der Waals surface area contributed by atoms with Gasteiger partial charge < -0.3 is 20.4 Å². The van der Waals surface area contributed by atoms with Gasteiger partial charge in [-0.2, -0.15) is 0 Å². The molecule has 0 aromatic heterocycles. The molecule has 2 aliphatic rings. The highest BCUT2D eigenvalue weighted by molar-refractivity contribution is 5.84. The van der Waals surface area contributed by atoms with Crippen LogP contribution in [-0.2, 0) is 14.4 Å². The molecule has 1 fully saturated rings. The molecule has 0 bridgehead atoms. The standard InChI is InChI=1S/C20H34O5.C20H28O2/c1-2-3-6-9-15(21)12-13-17-16(18(22)14-19(17)23)10-7-4-5-8-11-20(24)25;1-15(8-6-9-16(2)14-19(21)22)11-12-18-17(3)10-7-13-20(18,4)5/h12-13,15-17,19,21,23H,2-11,14H2,1H3,(H,24,25);6,8-9,11-12,14H,7,10,13H2,1-5H3,(H,21,22)/b13-12+;9-6+,12-11+,15-8+,16-14+/t15-,16+,17+,19+;/m0./s1. The van der Waals surface area contributed by atoms with Crippen LogP contribution in [-0.4, -0.2) is 50.4 Å². The highest BCUT2D eigenvalue weighted by Gasteiger charge is 2.39. The lowest BCUT2D eigenvalue weighted by Gasteiger charge is -2.32. The fourth-order valence-electron chi connectivity index (χ4n) is 6.42. The van der Waals surface area contributed by atoms with Crippen LogP contribution < -0.4 is 0 Å². The van der Waals surface area contributed by atoms with E-state index in [2.05, 4.69) is 46.8 Å². The largest absolute Gasteiger partial charge is 0.481 e. The Labute approximate surface area is 283 Å². The van der Waals surface area contributed by atoms with Crippen LogP contribution in [0.1, 0.15) is 131 Å². The van der Waals surface area contributed by atoms with E-state index in [1.165, 1.54) is 36.5 Å². The quantitative estimate of drug-likeness (QED) is 0.0502. The van der Waals surface area contributed by atoms with Crippen molar-refractivity contribution in [2.45, 2.75) is 144 Å². The van der Waals surface area contributed by atoms with E-state index in [4.69, 9.17) is 10.2 Å². The molecule has 0 unspecified atom stereocenters. The van der Waals surface area contributed by atoms with Crippen molar-refractivity contribution in [1.82, 2.24) is 0 Å². The molecular formula is C40H62O7. The van der Waals surface area contributed by atoms with Crippen LogP contribution in [0.25, 0.3) is 0 Å². The molecule has 1 saturated carbocycles. The average molecular weight is 655 g/mol. The van der Waals surface area contributed by atoms with E-state index in [9.17, 15) is 24.6 Å². The van der Waals surface area contributed by atoms with E-state index in [0.717, 1.165) is 62.5 Å². The maximum atomic E-state index is 12.1. The number of carboxylic acid groups (broad SMARTS) is 2. The van der Waals surface area contributed by atoms with Crippen molar-refractivity contribution < 1.29 is 34.8 Å². The SMILES string of the molecule is CC1=C(/C=C/C(C)=C/C=C/C(C)=C/C(=O)O)C(C)(C)CCC1.CCCCC[C@H](O)/C=C/[C@H]1[C@H](O)CC(=O)[C@@H]1CCCCCCC(=O)O. The summed E-state index contributed by atoms with van der Waals surface area (Å²) in [6.07, 6.45) is 25.8. The summed E-state index contributed by atoms with van der Waals surface area (Å²) in [7, 11) is 0. The van der Waals surface area contributed by atoms with E-state index in [-0.39, 0.29) is 35.9 Å². The Morgan fingerprint density at radius 2 is 1.70 bits per heavy atom. The average Bonchev–Trinajstić information content (AvgIpc) is 3.24. The van der Waals surface area contributed by atoms with Crippen molar-refractivity contribution in [3.8, 4) is 0 Å². The zero-order valence-electron chi connectivity index (χ0n) is 29.8. The number of rotatable bonds is 18. The third-order valence-electron chi connectivity index (χ3n) is 9.17. The number of carbonyl (C=O) groups excluding carboxylic acids is 1. The van der Waals surface area contributed by atoms with Gasteiger partial charge in [0.15, 0.2) is 0 Å². The molecule has 0 saturated heterocycles. The Hall–Kier alpha value is -3.03. The number of carbonyl (C=O) groups is 3. The summed E-state index contributed by atoms with van der Waals surface area (Å²) < 4.78 is 0. The monoisotopic (exact) mass is 654 g/mol. The van der Waals surface area contributed by atoms with E-state index >= 15 is 0 Å². The summed E-state index contributed by atoms with van der Waals surface area (Å²) >= 11 is 0. The molecule has 0 radical (unpaired) electrons. The predicted molar refractivity (Wildman–Crippen MR) is 191 cm³/mol. The van der Waals surface area contributed by atoms with Crippen LogP contribution >= 0.6 is 0 Å². The molecule has 4 N–H and O–H groups in total. The Morgan fingerprint density at radius 1 is 1.00 bits per heavy atom. The molecule has 0 amide bonds. The molecule has 0 aliphatic heterocycles. The van der Waals surface area contributed by atoms with Crippen molar-refractivity contribution in [3.05, 3.63) is 70.9 Å². The van der Waals surface area contributed by atoms with Crippen molar-refractivity contribution >= 4 is 17.7 Å². The summed E-state index contributed by atoms with van der Waals surface area (Å²) in [5.41, 5.74) is 5.09. The third-order valence-corrected chi connectivity index (χ3v) is 9.17. The molecule has 47 heavy (non-hydrogen) atoms. The van der Waals surface area contributed by atoms with Gasteiger partial charge in [-0.15, -0.1) is 0 Å². The second-order valence-corrected chi connectivity index (χ2v) is 14.0. The lowest BCUT2D eigenvalue weighted by Crippen LogP contribution is -2.19. The predicted octanol–water partition coefficient (Wildman–Crippen LogP) is 9.08. The first kappa shape index (κ1) is 42.0. The fourth-order valence-corrected chi connectivity index (χ4v) is 6.42. The highest BCUT2D eigenvalue weighted by Crippen LogP contribution is 2.41. The summed E-state index contributed by atoms with van der Waals surface area (Å²) in [4.78, 5) is 33.1. The summed E-state index contributed by atoms with van der Waals surface area (Å²) in [5.74, 6) is -1.95. The number of hydrogen-bond donors (Lipinski definition) is 4. The van der Waals surface area contributed by atoms with Crippen LogP contribution in [0.4, 0.5) is 0 Å². The third kappa shape index (κ3) is 17.6. The smallest absolute Gasteiger partial charge is 0.328 e. The zero-order chi connectivity index (χ0) is 35.4. The van der Waals surface area contributed by atoms with Crippen molar-refractivity contribution in [2.75, 3.05) is 0 Å². The van der Waals surface area contributed by atoms with Gasteiger partial charge in [0.1, 0.15) is 5.78 Å². The molecule has 0 aromatic rings. The minimum Gasteiger partial charge on any atom is -0.481 e. The van der Waals surface area contributed by atoms with Crippen LogP contribution in [0.15, 0.2) is 70.9 Å². The minimum absolute atomic E-state index is 0.105. The Bertz CT molecular complexity index is 1180. The van der Waals surface area contributed by atoms with Crippen LogP contribution in [0.2, 0.25) is 0 Å². The lowest BCUT2D eigenvalue weighted by molar-refractivity contribution is -0.137. The summed E-state index contributed by atoms with van der Waals surface area (Å²) in [6.45, 7) is 12.8. The highest BCUT2D eigenvalue weighted by atomic mass is 16.4. The molecule has 2 rings (SSSR count). The first-order chi connectivity index (χ1) is 22.2. The molecule has 0 spiro atoms. The maximum Gasteiger partial charge on any atom is 0.328 e. The zero-order valence-corrected chi connectivity index (χ0v) is 29.8. The van der Waals surface area contributed by atoms with Crippen molar-refractivity contribution in [1.29, 1.82) is 0 Å². The topological polar surface area (TPSA) is 132 Å². The number of ketones is 1. The number of unbranched alkanes of at least 4 members (excludes halogenated alkanes) is 5. The second kappa shape index (κ2) is 22.5. The second-order valence-electron chi connectivity index (χ2n) is 14.0. The van der Waals surface area contributed by atoms with Crippen LogP contribution in [0, 0.1) is 17.3 Å². The van der Waals surface area contributed by atoms with Crippen LogP contribution in [0.5, 0.6) is 0 Å². The van der Waals surface area contributed by atoms with Crippen LogP contribution in [0.3, 0.4) is 0 Å². The number of aliphatic hydroxyl groups is 2. The van der Waals surface area contributed by atoms with Gasteiger partial charge in [-0.25, -0.2) is 4.79 Å². The van der Waals surface area contributed by atoms with Gasteiger partial charge in [-0.05, 0) is 75.9 Å². The molecule has 264 valence electrons. The lowest BCUT2D eigenvalue weighted by atomic mass is 9.72. The van der Waals surface area contributed by atoms with Gasteiger partial charge in [0, 0.05) is 30.8 Å². The molecule has 7 nitrogen and oxygen atoms in total. The fraction of sp³-hybridized carbons (Fsp3) is 0.625. The summed E-state index contributed by atoms with van der Waals surface area (Å²) in [5, 5.41) is 37.4. The van der Waals surface area contributed by atoms with Gasteiger partial charge in [0.25, 0.3) is 0 Å². The molecular weight excluding hydrogens is 592 g/mol. The maximum absolute atomic E-state index is 12.1. The number of aliphatic carboxylic acids is 2. The Morgan fingerprint density at radius 3 is 2.34 bits per heavy atom. The number of allylic oxidation sites excluding steroid dienone is 9. The summed E-state index contributed by atoms with van der Waals surface area (Å²) in [6, 6.07) is 0. The number of carboxylic acids is 2. The molecule has 4 atom stereocenters. The first-order valence-corrected chi connectivity index (χ1v) is 17.6. The number of hydrogen-bond acceptors (Lipinski definition) is 5. The van der Waals surface area contributed by atoms with E-state index in [1.54, 1.807) is 19.1 Å². The molecule has 7 heteroatoms. The number of Topliss-reactive ketones (excluding diaryl/α,β-unsaturated/α-hetero) is 1. The van der Waals surface area contributed by atoms with Gasteiger partial charge in [-0.3, -0.25) is 9.59 Å². The van der Waals surface area contributed by atoms with Crippen molar-refractivity contribution in [3.63, 3.8) is 0 Å². The normalized spacial score (nSPS) is 22.7. The Kier molecular flexibility index (Phi) is 20.1. The van der Waals surface area contributed by atoms with Gasteiger partial charge >= 0.3 is 11.9 Å². The van der Waals surface area contributed by atoms with Gasteiger partial charge in [-0.1, -0.05) is 113 Å². The number of aliphatic hydroxyl groups excluding tert-OH is 2. The first-order valence-electron chi connectivity index (χ1n) is 17.6. The molecule has 2 aliphatic carbocycles. The molecule has 0 aromatic carbocycles. The Balaban J connectivity index is 0.000000474. The minimum atomic E-state index is -0.912.